The highest BCUT2D eigenvalue weighted by molar-refractivity contribution is 4.99. The molecule has 0 amide bonds. The SMILES string of the molecule is Cc1noc(CCn2cncc2CNC(C)(C)C)n1. The van der Waals surface area contributed by atoms with Crippen LogP contribution in [0.2, 0.25) is 0 Å². The highest BCUT2D eigenvalue weighted by Crippen LogP contribution is 2.06. The monoisotopic (exact) mass is 263 g/mol. The Kier molecular flexibility index (Phi) is 3.99. The van der Waals surface area contributed by atoms with Crippen molar-refractivity contribution < 1.29 is 4.52 Å². The van der Waals surface area contributed by atoms with Crippen molar-refractivity contribution in [3.63, 3.8) is 0 Å². The lowest BCUT2D eigenvalue weighted by Gasteiger charge is -2.20. The van der Waals surface area contributed by atoms with Crippen molar-refractivity contribution in [3.8, 4) is 0 Å². The fourth-order valence-corrected chi connectivity index (χ4v) is 1.71. The Balaban J connectivity index is 1.92. The van der Waals surface area contributed by atoms with E-state index < -0.39 is 0 Å². The summed E-state index contributed by atoms with van der Waals surface area (Å²) in [7, 11) is 0. The highest BCUT2D eigenvalue weighted by atomic mass is 16.5. The smallest absolute Gasteiger partial charge is 0.228 e. The Morgan fingerprint density at radius 2 is 2.16 bits per heavy atom. The first-order chi connectivity index (χ1) is 8.94. The average molecular weight is 263 g/mol. The van der Waals surface area contributed by atoms with E-state index in [0.29, 0.717) is 11.7 Å². The summed E-state index contributed by atoms with van der Waals surface area (Å²) < 4.78 is 7.22. The van der Waals surface area contributed by atoms with Crippen LogP contribution in [-0.2, 0) is 19.5 Å². The van der Waals surface area contributed by atoms with Gasteiger partial charge in [0, 0.05) is 31.2 Å². The Morgan fingerprint density at radius 3 is 2.79 bits per heavy atom. The predicted molar refractivity (Wildman–Crippen MR) is 71.6 cm³/mol. The van der Waals surface area contributed by atoms with E-state index >= 15 is 0 Å². The minimum Gasteiger partial charge on any atom is -0.339 e. The number of nitrogens with one attached hydrogen (secondary N) is 1. The molecule has 0 unspecified atom stereocenters. The first kappa shape index (κ1) is 13.7. The van der Waals surface area contributed by atoms with Gasteiger partial charge in [0.1, 0.15) is 0 Å². The van der Waals surface area contributed by atoms with E-state index in [9.17, 15) is 0 Å². The van der Waals surface area contributed by atoms with Gasteiger partial charge < -0.3 is 14.4 Å². The van der Waals surface area contributed by atoms with Gasteiger partial charge in [-0.3, -0.25) is 0 Å². The third kappa shape index (κ3) is 4.17. The van der Waals surface area contributed by atoms with Crippen LogP contribution in [0.15, 0.2) is 17.0 Å². The second-order valence-corrected chi connectivity index (χ2v) is 5.67. The zero-order valence-electron chi connectivity index (χ0n) is 12.0. The third-order valence-electron chi connectivity index (χ3n) is 2.73. The number of rotatable bonds is 5. The van der Waals surface area contributed by atoms with E-state index in [2.05, 4.69) is 45.8 Å². The van der Waals surface area contributed by atoms with E-state index in [0.717, 1.165) is 25.2 Å². The van der Waals surface area contributed by atoms with Gasteiger partial charge in [-0.25, -0.2) is 4.98 Å². The quantitative estimate of drug-likeness (QED) is 0.889. The minimum absolute atomic E-state index is 0.0959. The molecule has 0 atom stereocenters. The van der Waals surface area contributed by atoms with E-state index in [4.69, 9.17) is 4.52 Å². The lowest BCUT2D eigenvalue weighted by Crippen LogP contribution is -2.35. The van der Waals surface area contributed by atoms with Gasteiger partial charge in [-0.2, -0.15) is 4.98 Å². The van der Waals surface area contributed by atoms with Crippen LogP contribution in [0.25, 0.3) is 0 Å². The Hall–Kier alpha value is -1.69. The van der Waals surface area contributed by atoms with Crippen LogP contribution in [-0.4, -0.2) is 25.2 Å². The molecule has 0 aliphatic carbocycles. The van der Waals surface area contributed by atoms with Crippen molar-refractivity contribution in [2.24, 2.45) is 0 Å². The molecule has 0 saturated heterocycles. The van der Waals surface area contributed by atoms with Gasteiger partial charge >= 0.3 is 0 Å². The number of aromatic nitrogens is 4. The largest absolute Gasteiger partial charge is 0.339 e. The molecule has 0 aliphatic heterocycles. The number of hydrogen-bond acceptors (Lipinski definition) is 5. The van der Waals surface area contributed by atoms with Crippen LogP contribution in [0.1, 0.15) is 38.2 Å². The maximum atomic E-state index is 5.11. The number of hydrogen-bond donors (Lipinski definition) is 1. The van der Waals surface area contributed by atoms with Crippen molar-refractivity contribution in [2.45, 2.75) is 52.7 Å². The highest BCUT2D eigenvalue weighted by Gasteiger charge is 2.11. The maximum absolute atomic E-state index is 5.11. The summed E-state index contributed by atoms with van der Waals surface area (Å²) in [5.41, 5.74) is 1.25. The lowest BCUT2D eigenvalue weighted by molar-refractivity contribution is 0.366. The Labute approximate surface area is 113 Å². The molecule has 0 fully saturated rings. The summed E-state index contributed by atoms with van der Waals surface area (Å²) in [5, 5.41) is 7.24. The zero-order valence-corrected chi connectivity index (χ0v) is 12.0. The second-order valence-electron chi connectivity index (χ2n) is 5.67. The van der Waals surface area contributed by atoms with Gasteiger partial charge in [0.25, 0.3) is 0 Å². The fraction of sp³-hybridized carbons (Fsp3) is 0.615. The third-order valence-corrected chi connectivity index (χ3v) is 2.73. The van der Waals surface area contributed by atoms with E-state index in [1.54, 1.807) is 0 Å². The molecule has 0 spiro atoms. The van der Waals surface area contributed by atoms with E-state index in [-0.39, 0.29) is 5.54 Å². The standard InChI is InChI=1S/C13H21N5O/c1-10-16-12(19-17-10)5-6-18-9-14-7-11(18)8-15-13(2,3)4/h7,9,15H,5-6,8H2,1-4H3. The molecule has 0 bridgehead atoms. The van der Waals surface area contributed by atoms with Crippen LogP contribution in [0.4, 0.5) is 0 Å². The predicted octanol–water partition coefficient (Wildman–Crippen LogP) is 1.71. The van der Waals surface area contributed by atoms with Gasteiger partial charge in [-0.05, 0) is 27.7 Å². The second kappa shape index (κ2) is 5.52. The zero-order chi connectivity index (χ0) is 13.9. The molecular weight excluding hydrogens is 242 g/mol. The Bertz CT molecular complexity index is 523. The van der Waals surface area contributed by atoms with Crippen molar-refractivity contribution >= 4 is 0 Å². The summed E-state index contributed by atoms with van der Waals surface area (Å²) in [5.74, 6) is 1.34. The van der Waals surface area contributed by atoms with Gasteiger partial charge in [-0.15, -0.1) is 0 Å². The van der Waals surface area contributed by atoms with Gasteiger partial charge in [-0.1, -0.05) is 5.16 Å². The summed E-state index contributed by atoms with van der Waals surface area (Å²) in [6.45, 7) is 9.86. The minimum atomic E-state index is 0.0959. The van der Waals surface area contributed by atoms with Crippen LogP contribution in [0, 0.1) is 6.92 Å². The molecule has 0 saturated carbocycles. The molecule has 19 heavy (non-hydrogen) atoms. The van der Waals surface area contributed by atoms with E-state index in [1.165, 1.54) is 0 Å². The summed E-state index contributed by atoms with van der Waals surface area (Å²) in [6.07, 6.45) is 4.44. The summed E-state index contributed by atoms with van der Waals surface area (Å²) >= 11 is 0. The molecule has 0 radical (unpaired) electrons. The molecule has 6 heteroatoms. The van der Waals surface area contributed by atoms with Crippen LogP contribution in [0.5, 0.6) is 0 Å². The molecule has 2 aromatic rings. The topological polar surface area (TPSA) is 68.8 Å². The molecule has 2 rings (SSSR count). The van der Waals surface area contributed by atoms with Crippen LogP contribution < -0.4 is 5.32 Å². The van der Waals surface area contributed by atoms with Crippen LogP contribution in [0.3, 0.4) is 0 Å². The summed E-state index contributed by atoms with van der Waals surface area (Å²) in [6, 6.07) is 0. The van der Waals surface area contributed by atoms with Gasteiger partial charge in [0.05, 0.1) is 12.0 Å². The lowest BCUT2D eigenvalue weighted by atomic mass is 10.1. The van der Waals surface area contributed by atoms with Crippen molar-refractivity contribution in [3.05, 3.63) is 29.9 Å². The van der Waals surface area contributed by atoms with Crippen molar-refractivity contribution in [2.75, 3.05) is 0 Å². The summed E-state index contributed by atoms with van der Waals surface area (Å²) in [4.78, 5) is 8.39. The molecule has 1 N–H and O–H groups in total. The molecule has 0 aromatic carbocycles. The number of nitrogens with zero attached hydrogens (tertiary/aromatic N) is 4. The normalized spacial score (nSPS) is 12.0. The van der Waals surface area contributed by atoms with Crippen molar-refractivity contribution in [1.82, 2.24) is 25.0 Å². The molecular formula is C13H21N5O. The average Bonchev–Trinajstić information content (AvgIpc) is 2.91. The first-order valence-corrected chi connectivity index (χ1v) is 6.47. The molecule has 2 heterocycles. The van der Waals surface area contributed by atoms with Crippen molar-refractivity contribution in [1.29, 1.82) is 0 Å². The Morgan fingerprint density at radius 1 is 1.37 bits per heavy atom. The van der Waals surface area contributed by atoms with Crippen LogP contribution >= 0.6 is 0 Å². The molecule has 6 nitrogen and oxygen atoms in total. The van der Waals surface area contributed by atoms with E-state index in [1.807, 2.05) is 19.4 Å². The molecule has 104 valence electrons. The number of imidazole rings is 1. The maximum Gasteiger partial charge on any atom is 0.228 e. The molecule has 2 aromatic heterocycles. The van der Waals surface area contributed by atoms with Gasteiger partial charge in [0.2, 0.25) is 5.89 Å². The van der Waals surface area contributed by atoms with Gasteiger partial charge in [0.15, 0.2) is 5.82 Å². The first-order valence-electron chi connectivity index (χ1n) is 6.47. The fourth-order valence-electron chi connectivity index (χ4n) is 1.71. The number of aryl methyl sites for hydroxylation is 3. The molecule has 0 aliphatic rings.